The van der Waals surface area contributed by atoms with Gasteiger partial charge in [-0.1, -0.05) is 30.3 Å². The van der Waals surface area contributed by atoms with Crippen molar-refractivity contribution < 1.29 is 4.74 Å². The Morgan fingerprint density at radius 1 is 1.30 bits per heavy atom. The summed E-state index contributed by atoms with van der Waals surface area (Å²) in [5, 5.41) is 3.31. The highest BCUT2D eigenvalue weighted by molar-refractivity contribution is 14.0. The normalized spacial score (nSPS) is 10.8. The molecular weight excluding hydrogens is 365 g/mol. The zero-order valence-corrected chi connectivity index (χ0v) is 15.0. The molecule has 0 aromatic heterocycles. The molecular formula is C15H26IN3O. The van der Waals surface area contributed by atoms with Crippen molar-refractivity contribution in [3.63, 3.8) is 0 Å². The zero-order valence-electron chi connectivity index (χ0n) is 12.6. The average molecular weight is 391 g/mol. The van der Waals surface area contributed by atoms with Crippen LogP contribution in [-0.4, -0.2) is 44.7 Å². The number of rotatable bonds is 7. The SMILES string of the molecule is CCNC(=NCCCOC)N(C)Cc1ccccc1.I. The van der Waals surface area contributed by atoms with Crippen molar-refractivity contribution in [2.24, 2.45) is 4.99 Å². The molecule has 0 atom stereocenters. The molecule has 0 saturated carbocycles. The van der Waals surface area contributed by atoms with E-state index in [0.717, 1.165) is 38.6 Å². The van der Waals surface area contributed by atoms with Gasteiger partial charge in [0, 0.05) is 40.4 Å². The van der Waals surface area contributed by atoms with Crippen LogP contribution in [0, 0.1) is 0 Å². The molecule has 0 radical (unpaired) electrons. The number of hydrogen-bond donors (Lipinski definition) is 1. The van der Waals surface area contributed by atoms with Gasteiger partial charge in [0.25, 0.3) is 0 Å². The summed E-state index contributed by atoms with van der Waals surface area (Å²) in [6, 6.07) is 10.4. The van der Waals surface area contributed by atoms with Gasteiger partial charge in [-0.25, -0.2) is 0 Å². The summed E-state index contributed by atoms with van der Waals surface area (Å²) >= 11 is 0. The van der Waals surface area contributed by atoms with Crippen molar-refractivity contribution in [2.75, 3.05) is 33.9 Å². The van der Waals surface area contributed by atoms with Crippen LogP contribution >= 0.6 is 24.0 Å². The van der Waals surface area contributed by atoms with Crippen LogP contribution in [0.15, 0.2) is 35.3 Å². The van der Waals surface area contributed by atoms with Crippen LogP contribution in [0.4, 0.5) is 0 Å². The number of nitrogens with zero attached hydrogens (tertiary/aromatic N) is 2. The van der Waals surface area contributed by atoms with Gasteiger partial charge >= 0.3 is 0 Å². The first-order valence-electron chi connectivity index (χ1n) is 6.80. The molecule has 0 aliphatic heterocycles. The van der Waals surface area contributed by atoms with Crippen molar-refractivity contribution >= 4 is 29.9 Å². The number of hydrogen-bond acceptors (Lipinski definition) is 2. The topological polar surface area (TPSA) is 36.9 Å². The molecule has 5 heteroatoms. The van der Waals surface area contributed by atoms with Gasteiger partial charge in [0.1, 0.15) is 0 Å². The van der Waals surface area contributed by atoms with Crippen LogP contribution in [0.2, 0.25) is 0 Å². The van der Waals surface area contributed by atoms with Crippen molar-refractivity contribution in [3.8, 4) is 0 Å². The van der Waals surface area contributed by atoms with Crippen LogP contribution in [0.25, 0.3) is 0 Å². The zero-order chi connectivity index (χ0) is 13.9. The highest BCUT2D eigenvalue weighted by Gasteiger charge is 2.05. The summed E-state index contributed by atoms with van der Waals surface area (Å²) in [7, 11) is 3.78. The van der Waals surface area contributed by atoms with E-state index in [1.165, 1.54) is 5.56 Å². The predicted molar refractivity (Wildman–Crippen MR) is 95.8 cm³/mol. The number of guanidine groups is 1. The maximum atomic E-state index is 5.04. The first-order chi connectivity index (χ1) is 9.27. The second kappa shape index (κ2) is 12.0. The molecule has 4 nitrogen and oxygen atoms in total. The maximum absolute atomic E-state index is 5.04. The molecule has 1 aromatic rings. The Kier molecular flexibility index (Phi) is 11.5. The summed E-state index contributed by atoms with van der Waals surface area (Å²) in [6.45, 7) is 5.36. The molecule has 1 aromatic carbocycles. The Hall–Kier alpha value is -0.820. The van der Waals surface area contributed by atoms with E-state index in [0.29, 0.717) is 0 Å². The smallest absolute Gasteiger partial charge is 0.193 e. The minimum atomic E-state index is 0. The molecule has 20 heavy (non-hydrogen) atoms. The third-order valence-corrected chi connectivity index (χ3v) is 2.73. The summed E-state index contributed by atoms with van der Waals surface area (Å²) in [5.74, 6) is 0.947. The van der Waals surface area contributed by atoms with Gasteiger partial charge in [-0.2, -0.15) is 0 Å². The van der Waals surface area contributed by atoms with E-state index in [9.17, 15) is 0 Å². The van der Waals surface area contributed by atoms with Gasteiger partial charge in [-0.15, -0.1) is 24.0 Å². The number of ether oxygens (including phenoxy) is 1. The fraction of sp³-hybridized carbons (Fsp3) is 0.533. The molecule has 114 valence electrons. The fourth-order valence-electron chi connectivity index (χ4n) is 1.80. The molecule has 0 saturated heterocycles. The van der Waals surface area contributed by atoms with E-state index in [4.69, 9.17) is 4.74 Å². The molecule has 0 aliphatic carbocycles. The lowest BCUT2D eigenvalue weighted by molar-refractivity contribution is 0.197. The average Bonchev–Trinajstić information content (AvgIpc) is 2.43. The van der Waals surface area contributed by atoms with Gasteiger partial charge in [-0.05, 0) is 18.9 Å². The van der Waals surface area contributed by atoms with Crippen molar-refractivity contribution in [2.45, 2.75) is 19.9 Å². The maximum Gasteiger partial charge on any atom is 0.193 e. The van der Waals surface area contributed by atoms with Crippen molar-refractivity contribution in [1.29, 1.82) is 0 Å². The summed E-state index contributed by atoms with van der Waals surface area (Å²) in [5.41, 5.74) is 1.28. The second-order valence-corrected chi connectivity index (χ2v) is 4.42. The largest absolute Gasteiger partial charge is 0.385 e. The van der Waals surface area contributed by atoms with Gasteiger partial charge in [-0.3, -0.25) is 4.99 Å². The minimum Gasteiger partial charge on any atom is -0.385 e. The standard InChI is InChI=1S/C15H25N3O.HI/c1-4-16-15(17-11-8-12-19-3)18(2)13-14-9-6-5-7-10-14;/h5-7,9-10H,4,8,11-13H2,1-3H3,(H,16,17);1H. The molecule has 0 bridgehead atoms. The van der Waals surface area contributed by atoms with Gasteiger partial charge in [0.2, 0.25) is 0 Å². The number of methoxy groups -OCH3 is 1. The molecule has 0 spiro atoms. The number of aliphatic imine (C=N–C) groups is 1. The summed E-state index contributed by atoms with van der Waals surface area (Å²) in [6.07, 6.45) is 0.949. The third kappa shape index (κ3) is 7.69. The van der Waals surface area contributed by atoms with Crippen LogP contribution in [0.1, 0.15) is 18.9 Å². The van der Waals surface area contributed by atoms with E-state index in [1.54, 1.807) is 7.11 Å². The first kappa shape index (κ1) is 19.2. The van der Waals surface area contributed by atoms with E-state index < -0.39 is 0 Å². The highest BCUT2D eigenvalue weighted by atomic mass is 127. The molecule has 0 heterocycles. The number of halogens is 1. The summed E-state index contributed by atoms with van der Waals surface area (Å²) in [4.78, 5) is 6.74. The highest BCUT2D eigenvalue weighted by Crippen LogP contribution is 2.03. The Morgan fingerprint density at radius 3 is 2.60 bits per heavy atom. The lowest BCUT2D eigenvalue weighted by Crippen LogP contribution is -2.38. The van der Waals surface area contributed by atoms with Crippen molar-refractivity contribution in [3.05, 3.63) is 35.9 Å². The first-order valence-corrected chi connectivity index (χ1v) is 6.80. The van der Waals surface area contributed by atoms with E-state index in [2.05, 4.69) is 53.4 Å². The molecule has 0 amide bonds. The molecule has 0 unspecified atom stereocenters. The third-order valence-electron chi connectivity index (χ3n) is 2.73. The van der Waals surface area contributed by atoms with E-state index in [-0.39, 0.29) is 24.0 Å². The van der Waals surface area contributed by atoms with E-state index >= 15 is 0 Å². The Balaban J connectivity index is 0.00000361. The van der Waals surface area contributed by atoms with Gasteiger partial charge in [0.15, 0.2) is 5.96 Å². The lowest BCUT2D eigenvalue weighted by atomic mass is 10.2. The number of nitrogens with one attached hydrogen (secondary N) is 1. The Bertz CT molecular complexity index is 371. The Morgan fingerprint density at radius 2 is 2.00 bits per heavy atom. The fourth-order valence-corrected chi connectivity index (χ4v) is 1.80. The van der Waals surface area contributed by atoms with Crippen LogP contribution in [0.5, 0.6) is 0 Å². The van der Waals surface area contributed by atoms with Crippen LogP contribution in [0.3, 0.4) is 0 Å². The quantitative estimate of drug-likeness (QED) is 0.336. The summed E-state index contributed by atoms with van der Waals surface area (Å²) < 4.78 is 5.04. The van der Waals surface area contributed by atoms with Gasteiger partial charge < -0.3 is 15.0 Å². The lowest BCUT2D eigenvalue weighted by Gasteiger charge is -2.22. The monoisotopic (exact) mass is 391 g/mol. The molecule has 1 N–H and O–H groups in total. The van der Waals surface area contributed by atoms with E-state index in [1.807, 2.05) is 6.07 Å². The molecule has 1 rings (SSSR count). The number of benzene rings is 1. The van der Waals surface area contributed by atoms with Gasteiger partial charge in [0.05, 0.1) is 0 Å². The second-order valence-electron chi connectivity index (χ2n) is 4.42. The molecule has 0 fully saturated rings. The molecule has 0 aliphatic rings. The Labute approximate surface area is 139 Å². The van der Waals surface area contributed by atoms with Crippen molar-refractivity contribution in [1.82, 2.24) is 10.2 Å². The van der Waals surface area contributed by atoms with Crippen LogP contribution in [-0.2, 0) is 11.3 Å². The minimum absolute atomic E-state index is 0. The van der Waals surface area contributed by atoms with Crippen LogP contribution < -0.4 is 5.32 Å². The predicted octanol–water partition coefficient (Wildman–Crippen LogP) is 2.74.